The fourth-order valence-corrected chi connectivity index (χ4v) is 3.21. The number of aromatic nitrogens is 1. The molecule has 1 aromatic carbocycles. The average Bonchev–Trinajstić information content (AvgIpc) is 3.29. The van der Waals surface area contributed by atoms with E-state index in [-0.39, 0.29) is 11.7 Å². The minimum atomic E-state index is -0.241. The van der Waals surface area contributed by atoms with Crippen LogP contribution in [0.2, 0.25) is 0 Å². The molecule has 0 spiro atoms. The van der Waals surface area contributed by atoms with Gasteiger partial charge in [-0.25, -0.2) is 4.39 Å². The van der Waals surface area contributed by atoms with Gasteiger partial charge in [0.25, 0.3) is 5.91 Å². The second-order valence-electron chi connectivity index (χ2n) is 6.35. The summed E-state index contributed by atoms with van der Waals surface area (Å²) in [6, 6.07) is 6.81. The zero-order chi connectivity index (χ0) is 16.6. The summed E-state index contributed by atoms with van der Waals surface area (Å²) in [4.78, 5) is 12.7. The molecular weight excluding hydrogens is 291 g/mol. The van der Waals surface area contributed by atoms with E-state index in [1.165, 1.54) is 17.7 Å². The summed E-state index contributed by atoms with van der Waals surface area (Å²) in [5.74, 6) is -0.231. The summed E-state index contributed by atoms with van der Waals surface area (Å²) in [6.45, 7) is 6.78. The topological polar surface area (TPSA) is 34.0 Å². The summed E-state index contributed by atoms with van der Waals surface area (Å²) < 4.78 is 15.2. The highest BCUT2D eigenvalue weighted by molar-refractivity contribution is 5.95. The maximum Gasteiger partial charge on any atom is 0.268 e. The lowest BCUT2D eigenvalue weighted by Crippen LogP contribution is -2.28. The van der Waals surface area contributed by atoms with Gasteiger partial charge in [0, 0.05) is 18.3 Å². The normalized spacial score (nSPS) is 14.1. The van der Waals surface area contributed by atoms with Crippen molar-refractivity contribution in [3.63, 3.8) is 0 Å². The van der Waals surface area contributed by atoms with Crippen molar-refractivity contribution in [3.8, 4) is 0 Å². The molecule has 1 saturated carbocycles. The Hall–Kier alpha value is -2.10. The lowest BCUT2D eigenvalue weighted by atomic mass is 10.1. The van der Waals surface area contributed by atoms with E-state index in [4.69, 9.17) is 0 Å². The quantitative estimate of drug-likeness (QED) is 0.896. The van der Waals surface area contributed by atoms with E-state index in [9.17, 15) is 9.18 Å². The number of nitrogens with one attached hydrogen (secondary N) is 1. The molecule has 0 aliphatic heterocycles. The fourth-order valence-electron chi connectivity index (χ4n) is 3.21. The van der Waals surface area contributed by atoms with E-state index in [0.717, 1.165) is 41.8 Å². The maximum atomic E-state index is 13.1. The van der Waals surface area contributed by atoms with Gasteiger partial charge in [0.15, 0.2) is 0 Å². The summed E-state index contributed by atoms with van der Waals surface area (Å²) in [7, 11) is 0. The number of carbonyl (C=O) groups is 1. The number of halogens is 1. The van der Waals surface area contributed by atoms with Gasteiger partial charge in [0.1, 0.15) is 11.5 Å². The molecule has 4 heteroatoms. The molecule has 2 aromatic rings. The predicted molar refractivity (Wildman–Crippen MR) is 89.3 cm³/mol. The van der Waals surface area contributed by atoms with E-state index < -0.39 is 0 Å². The van der Waals surface area contributed by atoms with E-state index in [1.54, 1.807) is 12.1 Å². The molecule has 1 heterocycles. The highest BCUT2D eigenvalue weighted by Gasteiger charge is 2.28. The van der Waals surface area contributed by atoms with Crippen LogP contribution in [-0.4, -0.2) is 16.5 Å². The second-order valence-corrected chi connectivity index (χ2v) is 6.35. The van der Waals surface area contributed by atoms with E-state index in [0.29, 0.717) is 12.6 Å². The largest absolute Gasteiger partial charge is 0.348 e. The predicted octanol–water partition coefficient (Wildman–Crippen LogP) is 3.75. The minimum absolute atomic E-state index is 0.00918. The van der Waals surface area contributed by atoms with Crippen LogP contribution in [0.1, 0.15) is 52.6 Å². The third-order valence-electron chi connectivity index (χ3n) is 4.65. The molecule has 1 N–H and O–H groups in total. The first kappa shape index (κ1) is 15.8. The molecule has 0 bridgehead atoms. The van der Waals surface area contributed by atoms with Crippen LogP contribution in [0.25, 0.3) is 0 Å². The first-order valence-electron chi connectivity index (χ1n) is 8.25. The number of amides is 1. The van der Waals surface area contributed by atoms with Crippen LogP contribution in [0.4, 0.5) is 4.39 Å². The van der Waals surface area contributed by atoms with Crippen LogP contribution in [0.3, 0.4) is 0 Å². The monoisotopic (exact) mass is 314 g/mol. The van der Waals surface area contributed by atoms with Crippen LogP contribution >= 0.6 is 0 Å². The molecule has 122 valence electrons. The van der Waals surface area contributed by atoms with Crippen LogP contribution in [0, 0.1) is 19.7 Å². The molecule has 1 aliphatic rings. The van der Waals surface area contributed by atoms with Crippen molar-refractivity contribution in [3.05, 3.63) is 58.2 Å². The van der Waals surface area contributed by atoms with E-state index in [1.807, 2.05) is 6.92 Å². The zero-order valence-electron chi connectivity index (χ0n) is 13.9. The smallest absolute Gasteiger partial charge is 0.268 e. The number of hydrogen-bond donors (Lipinski definition) is 1. The lowest BCUT2D eigenvalue weighted by molar-refractivity contribution is 0.0941. The number of rotatable bonds is 5. The summed E-state index contributed by atoms with van der Waals surface area (Å²) in [5, 5.41) is 3.09. The Morgan fingerprint density at radius 1 is 1.26 bits per heavy atom. The van der Waals surface area contributed by atoms with Gasteiger partial charge >= 0.3 is 0 Å². The van der Waals surface area contributed by atoms with Crippen molar-refractivity contribution in [2.24, 2.45) is 0 Å². The van der Waals surface area contributed by atoms with Gasteiger partial charge in [-0.1, -0.05) is 19.1 Å². The molecule has 0 radical (unpaired) electrons. The average molecular weight is 314 g/mol. The first-order valence-corrected chi connectivity index (χ1v) is 8.25. The molecule has 0 atom stereocenters. The van der Waals surface area contributed by atoms with Gasteiger partial charge < -0.3 is 9.88 Å². The molecule has 3 rings (SSSR count). The van der Waals surface area contributed by atoms with Crippen molar-refractivity contribution in [1.29, 1.82) is 0 Å². The number of nitrogens with zero attached hydrogens (tertiary/aromatic N) is 1. The number of carbonyl (C=O) groups excluding carboxylic acids is 1. The molecule has 1 aromatic heterocycles. The van der Waals surface area contributed by atoms with Crippen LogP contribution < -0.4 is 5.32 Å². The molecule has 1 amide bonds. The molecular formula is C19H23FN2O. The number of benzene rings is 1. The standard InChI is InChI=1S/C19H23FN2O/c1-4-17-12(2)18(19(23)21-16-9-10-16)22(13(17)3)11-14-5-7-15(20)8-6-14/h5-8,16H,4,9-11H2,1-3H3,(H,21,23). The molecule has 23 heavy (non-hydrogen) atoms. The van der Waals surface area contributed by atoms with Crippen LogP contribution in [-0.2, 0) is 13.0 Å². The second kappa shape index (κ2) is 6.19. The summed E-state index contributed by atoms with van der Waals surface area (Å²) in [5.41, 5.74) is 5.15. The van der Waals surface area contributed by atoms with Gasteiger partial charge in [-0.15, -0.1) is 0 Å². The Balaban J connectivity index is 1.98. The molecule has 1 aliphatic carbocycles. The van der Waals surface area contributed by atoms with Crippen molar-refractivity contribution >= 4 is 5.91 Å². The van der Waals surface area contributed by atoms with Crippen molar-refractivity contribution in [2.75, 3.05) is 0 Å². The van der Waals surface area contributed by atoms with Crippen LogP contribution in [0.5, 0.6) is 0 Å². The Morgan fingerprint density at radius 3 is 2.48 bits per heavy atom. The van der Waals surface area contributed by atoms with Crippen LogP contribution in [0.15, 0.2) is 24.3 Å². The SMILES string of the molecule is CCc1c(C)c(C(=O)NC2CC2)n(Cc2ccc(F)cc2)c1C. The van der Waals surface area contributed by atoms with E-state index >= 15 is 0 Å². The van der Waals surface area contributed by atoms with Gasteiger partial charge in [-0.3, -0.25) is 4.79 Å². The first-order chi connectivity index (χ1) is 11.0. The molecule has 0 saturated heterocycles. The van der Waals surface area contributed by atoms with Crippen molar-refractivity contribution in [1.82, 2.24) is 9.88 Å². The highest BCUT2D eigenvalue weighted by Crippen LogP contribution is 2.26. The van der Waals surface area contributed by atoms with Gasteiger partial charge in [0.05, 0.1) is 0 Å². The lowest BCUT2D eigenvalue weighted by Gasteiger charge is -2.13. The summed E-state index contributed by atoms with van der Waals surface area (Å²) in [6.07, 6.45) is 3.05. The Bertz CT molecular complexity index is 727. The van der Waals surface area contributed by atoms with Crippen molar-refractivity contribution in [2.45, 2.75) is 52.6 Å². The Morgan fingerprint density at radius 2 is 1.91 bits per heavy atom. The zero-order valence-corrected chi connectivity index (χ0v) is 13.9. The molecule has 3 nitrogen and oxygen atoms in total. The van der Waals surface area contributed by atoms with Crippen molar-refractivity contribution < 1.29 is 9.18 Å². The van der Waals surface area contributed by atoms with Gasteiger partial charge in [-0.2, -0.15) is 0 Å². The Kier molecular flexibility index (Phi) is 4.24. The van der Waals surface area contributed by atoms with Gasteiger partial charge in [0.2, 0.25) is 0 Å². The molecule has 0 unspecified atom stereocenters. The highest BCUT2D eigenvalue weighted by atomic mass is 19.1. The summed E-state index contributed by atoms with van der Waals surface area (Å²) >= 11 is 0. The fraction of sp³-hybridized carbons (Fsp3) is 0.421. The third kappa shape index (κ3) is 3.16. The Labute approximate surface area is 136 Å². The van der Waals surface area contributed by atoms with E-state index in [2.05, 4.69) is 23.7 Å². The number of hydrogen-bond acceptors (Lipinski definition) is 1. The minimum Gasteiger partial charge on any atom is -0.348 e. The molecule has 1 fully saturated rings. The third-order valence-corrected chi connectivity index (χ3v) is 4.65. The van der Waals surface area contributed by atoms with Gasteiger partial charge in [-0.05, 0) is 61.9 Å². The maximum absolute atomic E-state index is 13.1.